The number of benzene rings is 1. The fourth-order valence-corrected chi connectivity index (χ4v) is 6.04. The van der Waals surface area contributed by atoms with Crippen molar-refractivity contribution in [2.45, 2.75) is 77.3 Å². The van der Waals surface area contributed by atoms with Crippen LogP contribution in [-0.2, 0) is 20.6 Å². The third kappa shape index (κ3) is 6.92. The summed E-state index contributed by atoms with van der Waals surface area (Å²) in [7, 11) is 0. The van der Waals surface area contributed by atoms with Gasteiger partial charge in [-0.3, -0.25) is 19.3 Å². The van der Waals surface area contributed by atoms with Crippen LogP contribution in [0.3, 0.4) is 0 Å². The Morgan fingerprint density at radius 1 is 1.02 bits per heavy atom. The molecule has 0 atom stereocenters. The maximum atomic E-state index is 13.4. The van der Waals surface area contributed by atoms with Gasteiger partial charge in [-0.15, -0.1) is 0 Å². The number of anilines is 1. The van der Waals surface area contributed by atoms with Gasteiger partial charge in [0.25, 0.3) is 11.8 Å². The van der Waals surface area contributed by atoms with Crippen molar-refractivity contribution in [2.75, 3.05) is 37.6 Å². The van der Waals surface area contributed by atoms with Crippen molar-refractivity contribution in [1.82, 2.24) is 9.80 Å². The number of halogens is 3. The van der Waals surface area contributed by atoms with Crippen molar-refractivity contribution < 1.29 is 27.6 Å². The number of hydrogen-bond donors (Lipinski definition) is 0. The summed E-state index contributed by atoms with van der Waals surface area (Å²) in [6.07, 6.45) is 4.83. The van der Waals surface area contributed by atoms with Crippen LogP contribution in [-0.4, -0.2) is 60.2 Å². The third-order valence-electron chi connectivity index (χ3n) is 8.49. The van der Waals surface area contributed by atoms with E-state index in [4.69, 9.17) is 5.26 Å². The summed E-state index contributed by atoms with van der Waals surface area (Å²) in [5.74, 6) is -0.234. The van der Waals surface area contributed by atoms with Gasteiger partial charge in [0.05, 0.1) is 22.9 Å². The van der Waals surface area contributed by atoms with Gasteiger partial charge in [0.15, 0.2) is 0 Å². The van der Waals surface area contributed by atoms with Gasteiger partial charge < -0.3 is 4.90 Å². The molecule has 0 aromatic heterocycles. The number of carbonyl (C=O) groups excluding carboxylic acids is 3. The van der Waals surface area contributed by atoms with Crippen LogP contribution in [0.25, 0.3) is 0 Å². The molecule has 1 aliphatic carbocycles. The summed E-state index contributed by atoms with van der Waals surface area (Å²) in [4.78, 5) is 43.5. The van der Waals surface area contributed by atoms with E-state index in [9.17, 15) is 27.6 Å². The molecule has 3 aliphatic rings. The molecule has 0 N–H and O–H groups in total. The molecule has 3 amide bonds. The highest BCUT2D eigenvalue weighted by molar-refractivity contribution is 6.32. The smallest absolute Gasteiger partial charge is 0.340 e. The zero-order valence-electron chi connectivity index (χ0n) is 23.1. The summed E-state index contributed by atoms with van der Waals surface area (Å²) in [5, 5.41) is 9.01. The highest BCUT2D eigenvalue weighted by Crippen LogP contribution is 2.37. The Hall–Kier alpha value is -3.19. The van der Waals surface area contributed by atoms with Crippen molar-refractivity contribution in [3.63, 3.8) is 0 Å². The lowest BCUT2D eigenvalue weighted by Gasteiger charge is -2.35. The Balaban J connectivity index is 1.20. The molecule has 1 aromatic carbocycles. The predicted octanol–water partition coefficient (Wildman–Crippen LogP) is 5.44. The summed E-state index contributed by atoms with van der Waals surface area (Å²) in [6.45, 7) is 5.64. The maximum absolute atomic E-state index is 13.4. The van der Waals surface area contributed by atoms with Gasteiger partial charge >= 0.3 is 6.18 Å². The fraction of sp³-hybridized carbons (Fsp3) is 0.600. The van der Waals surface area contributed by atoms with E-state index in [1.54, 1.807) is 0 Å². The zero-order valence-corrected chi connectivity index (χ0v) is 23.1. The Morgan fingerprint density at radius 2 is 1.73 bits per heavy atom. The third-order valence-corrected chi connectivity index (χ3v) is 8.49. The Labute approximate surface area is 233 Å². The van der Waals surface area contributed by atoms with Crippen LogP contribution in [0.1, 0.15) is 82.3 Å². The Morgan fingerprint density at radius 3 is 2.38 bits per heavy atom. The lowest BCUT2D eigenvalue weighted by Crippen LogP contribution is -2.48. The molecule has 216 valence electrons. The monoisotopic (exact) mass is 558 g/mol. The molecule has 1 saturated heterocycles. The molecule has 1 saturated carbocycles. The minimum absolute atomic E-state index is 0.188. The zero-order chi connectivity index (χ0) is 28.9. The second-order valence-corrected chi connectivity index (χ2v) is 11.1. The highest BCUT2D eigenvalue weighted by Gasteiger charge is 2.39. The van der Waals surface area contributed by atoms with Crippen molar-refractivity contribution in [3.05, 3.63) is 40.5 Å². The molecule has 10 heteroatoms. The molecular formula is C30H37F3N4O3. The first-order valence-corrected chi connectivity index (χ1v) is 14.3. The van der Waals surface area contributed by atoms with Crippen LogP contribution >= 0.6 is 0 Å². The first kappa shape index (κ1) is 29.8. The van der Waals surface area contributed by atoms with Gasteiger partial charge in [-0.25, -0.2) is 4.90 Å². The first-order valence-electron chi connectivity index (χ1n) is 14.3. The standard InChI is InChI=1S/C30H37F3N4O3/c1-21-25(29(40)37(28(21)39)24-12-11-23(20-34)26(19-24)30(31,32)33)9-3-2-6-14-35-15-17-36(18-16-35)27(38)13-10-22-7-4-5-8-22/h11-12,19,22H,2-10,13-18H2,1H3. The summed E-state index contributed by atoms with van der Waals surface area (Å²) < 4.78 is 40.2. The van der Waals surface area contributed by atoms with E-state index in [0.717, 1.165) is 68.9 Å². The highest BCUT2D eigenvalue weighted by atomic mass is 19.4. The number of imide groups is 1. The Kier molecular flexibility index (Phi) is 9.67. The molecule has 0 spiro atoms. The van der Waals surface area contributed by atoms with Crippen LogP contribution < -0.4 is 4.90 Å². The number of hydrogen-bond acceptors (Lipinski definition) is 5. The second kappa shape index (κ2) is 13.0. The molecular weight excluding hydrogens is 521 g/mol. The largest absolute Gasteiger partial charge is 0.417 e. The predicted molar refractivity (Wildman–Crippen MR) is 144 cm³/mol. The van der Waals surface area contributed by atoms with Crippen molar-refractivity contribution in [3.8, 4) is 6.07 Å². The summed E-state index contributed by atoms with van der Waals surface area (Å²) >= 11 is 0. The van der Waals surface area contributed by atoms with Crippen LogP contribution in [0.15, 0.2) is 29.3 Å². The van der Waals surface area contributed by atoms with Gasteiger partial charge in [-0.05, 0) is 63.3 Å². The number of piperazine rings is 1. The van der Waals surface area contributed by atoms with Gasteiger partial charge in [0.1, 0.15) is 0 Å². The lowest BCUT2D eigenvalue weighted by atomic mass is 10.0. The van der Waals surface area contributed by atoms with Crippen molar-refractivity contribution >= 4 is 23.4 Å². The summed E-state index contributed by atoms with van der Waals surface area (Å²) in [6, 6.07) is 4.37. The fourth-order valence-electron chi connectivity index (χ4n) is 6.04. The van der Waals surface area contributed by atoms with E-state index < -0.39 is 29.1 Å². The minimum atomic E-state index is -4.78. The van der Waals surface area contributed by atoms with Gasteiger partial charge in [0.2, 0.25) is 5.91 Å². The molecule has 2 fully saturated rings. The lowest BCUT2D eigenvalue weighted by molar-refractivity contribution is -0.138. The molecule has 0 radical (unpaired) electrons. The van der Waals surface area contributed by atoms with Crippen LogP contribution in [0.5, 0.6) is 0 Å². The number of alkyl halides is 3. The molecule has 2 heterocycles. The molecule has 1 aromatic rings. The SMILES string of the molecule is CC1=C(CCCCCN2CCN(C(=O)CCC3CCCC3)CC2)C(=O)N(c2ccc(C#N)c(C(F)(F)F)c2)C1=O. The van der Waals surface area contributed by atoms with Crippen LogP contribution in [0.2, 0.25) is 0 Å². The van der Waals surface area contributed by atoms with Gasteiger partial charge in [-0.1, -0.05) is 32.1 Å². The van der Waals surface area contributed by atoms with E-state index >= 15 is 0 Å². The molecule has 40 heavy (non-hydrogen) atoms. The number of rotatable bonds is 10. The van der Waals surface area contributed by atoms with Crippen LogP contribution in [0, 0.1) is 17.2 Å². The maximum Gasteiger partial charge on any atom is 0.417 e. The number of carbonyl (C=O) groups is 3. The molecule has 7 nitrogen and oxygen atoms in total. The normalized spacial score (nSPS) is 19.2. The van der Waals surface area contributed by atoms with Crippen LogP contribution in [0.4, 0.5) is 18.9 Å². The second-order valence-electron chi connectivity index (χ2n) is 11.1. The Bertz CT molecular complexity index is 1190. The number of amides is 3. The van der Waals surface area contributed by atoms with Gasteiger partial charge in [-0.2, -0.15) is 18.4 Å². The quantitative estimate of drug-likeness (QED) is 0.282. The van der Waals surface area contributed by atoms with Crippen molar-refractivity contribution in [1.29, 1.82) is 5.26 Å². The molecule has 0 bridgehead atoms. The first-order chi connectivity index (χ1) is 19.1. The van der Waals surface area contributed by atoms with Gasteiger partial charge in [0, 0.05) is 43.7 Å². The number of nitrogens with zero attached hydrogens (tertiary/aromatic N) is 4. The molecule has 4 rings (SSSR count). The van der Waals surface area contributed by atoms with E-state index in [1.165, 1.54) is 44.7 Å². The summed E-state index contributed by atoms with van der Waals surface area (Å²) in [5.41, 5.74) is -1.35. The molecule has 0 unspecified atom stereocenters. The van der Waals surface area contributed by atoms with E-state index in [1.807, 2.05) is 4.90 Å². The molecule has 2 aliphatic heterocycles. The average molecular weight is 559 g/mol. The van der Waals surface area contributed by atoms with Crippen molar-refractivity contribution in [2.24, 2.45) is 5.92 Å². The van der Waals surface area contributed by atoms with E-state index in [-0.39, 0.29) is 17.2 Å². The number of unbranched alkanes of at least 4 members (excludes halogenated alkanes) is 2. The topological polar surface area (TPSA) is 84.7 Å². The van der Waals surface area contributed by atoms with E-state index in [0.29, 0.717) is 30.9 Å². The average Bonchev–Trinajstić information content (AvgIpc) is 3.53. The van der Waals surface area contributed by atoms with E-state index in [2.05, 4.69) is 4.90 Å². The minimum Gasteiger partial charge on any atom is -0.340 e. The number of nitriles is 1.